The predicted octanol–water partition coefficient (Wildman–Crippen LogP) is 4.72. The molecule has 2 fully saturated rings. The van der Waals surface area contributed by atoms with E-state index in [0.29, 0.717) is 50.1 Å². The van der Waals surface area contributed by atoms with E-state index < -0.39 is 23.6 Å². The number of amides is 2. The first-order valence-electron chi connectivity index (χ1n) is 13.5. The highest BCUT2D eigenvalue weighted by Gasteiger charge is 2.32. The van der Waals surface area contributed by atoms with Crippen LogP contribution in [-0.2, 0) is 15.7 Å². The van der Waals surface area contributed by atoms with Gasteiger partial charge in [-0.25, -0.2) is 4.98 Å². The number of halogens is 3. The number of pyridine rings is 2. The Morgan fingerprint density at radius 3 is 2.38 bits per heavy atom. The molecule has 3 aromatic rings. The van der Waals surface area contributed by atoms with Crippen LogP contribution in [0, 0.1) is 6.92 Å². The van der Waals surface area contributed by atoms with E-state index in [9.17, 15) is 22.8 Å². The number of hydrogen-bond donors (Lipinski definition) is 2. The number of hydrogen-bond acceptors (Lipinski definition) is 8. The van der Waals surface area contributed by atoms with Gasteiger partial charge in [-0.15, -0.1) is 0 Å². The molecule has 5 rings (SSSR count). The zero-order chi connectivity index (χ0) is 29.9. The van der Waals surface area contributed by atoms with E-state index >= 15 is 0 Å². The Hall–Kier alpha value is -4.23. The molecule has 0 saturated carbocycles. The fourth-order valence-electron chi connectivity index (χ4n) is 4.83. The van der Waals surface area contributed by atoms with Gasteiger partial charge >= 0.3 is 6.18 Å². The van der Waals surface area contributed by atoms with Gasteiger partial charge in [0.05, 0.1) is 53.8 Å². The van der Waals surface area contributed by atoms with Crippen molar-refractivity contribution in [2.45, 2.75) is 32.2 Å². The molecule has 13 heteroatoms. The second kappa shape index (κ2) is 12.3. The summed E-state index contributed by atoms with van der Waals surface area (Å²) < 4.78 is 52.0. The van der Waals surface area contributed by atoms with Crippen molar-refractivity contribution in [1.29, 1.82) is 0 Å². The fraction of sp³-hybridized carbons (Fsp3) is 0.379. The number of nitrogens with one attached hydrogen (secondary N) is 2. The Balaban J connectivity index is 1.30. The number of ether oxygens (including phenoxy) is 2. The van der Waals surface area contributed by atoms with E-state index in [4.69, 9.17) is 9.47 Å². The number of carbonyl (C=O) groups excluding carboxylic acids is 2. The summed E-state index contributed by atoms with van der Waals surface area (Å²) >= 11 is 0. The van der Waals surface area contributed by atoms with Crippen molar-refractivity contribution in [2.24, 2.45) is 0 Å². The van der Waals surface area contributed by atoms with Crippen LogP contribution >= 0.6 is 0 Å². The van der Waals surface area contributed by atoms with E-state index in [-0.39, 0.29) is 28.7 Å². The first-order valence-corrected chi connectivity index (χ1v) is 13.5. The highest BCUT2D eigenvalue weighted by Crippen LogP contribution is 2.33. The quantitative estimate of drug-likeness (QED) is 0.411. The van der Waals surface area contributed by atoms with Crippen LogP contribution in [0.2, 0.25) is 0 Å². The third-order valence-electron chi connectivity index (χ3n) is 7.18. The summed E-state index contributed by atoms with van der Waals surface area (Å²) in [7, 11) is 1.90. The lowest BCUT2D eigenvalue weighted by molar-refractivity contribution is -0.137. The SMILES string of the molecule is Cc1ncc(NC(=O)c2cc(N3CCOCC3)cc(C(F)(F)F)c2)cc1C(=O)Nc1ccc(N(C)C2CCCO2)nc1. The smallest absolute Gasteiger partial charge is 0.378 e. The van der Waals surface area contributed by atoms with Gasteiger partial charge in [0.15, 0.2) is 0 Å². The van der Waals surface area contributed by atoms with Crippen molar-refractivity contribution in [3.8, 4) is 0 Å². The van der Waals surface area contributed by atoms with Gasteiger partial charge in [-0.05, 0) is 56.2 Å². The third kappa shape index (κ3) is 6.80. The molecule has 10 nitrogen and oxygen atoms in total. The molecule has 42 heavy (non-hydrogen) atoms. The third-order valence-corrected chi connectivity index (χ3v) is 7.18. The zero-order valence-electron chi connectivity index (χ0n) is 23.2. The topological polar surface area (TPSA) is 109 Å². The number of nitrogens with zero attached hydrogens (tertiary/aromatic N) is 4. The molecule has 0 bridgehead atoms. The number of alkyl halides is 3. The molecule has 4 heterocycles. The summed E-state index contributed by atoms with van der Waals surface area (Å²) in [6.45, 7) is 3.93. The molecule has 2 N–H and O–H groups in total. The summed E-state index contributed by atoms with van der Waals surface area (Å²) in [6.07, 6.45) is 0.113. The summed E-state index contributed by atoms with van der Waals surface area (Å²) in [6, 6.07) is 8.18. The van der Waals surface area contributed by atoms with Crippen molar-refractivity contribution in [3.63, 3.8) is 0 Å². The van der Waals surface area contributed by atoms with Crippen molar-refractivity contribution >= 4 is 34.7 Å². The lowest BCUT2D eigenvalue weighted by Crippen LogP contribution is -2.36. The number of morpholine rings is 1. The highest BCUT2D eigenvalue weighted by molar-refractivity contribution is 6.08. The Bertz CT molecular complexity index is 1440. The Labute approximate surface area is 240 Å². The fourth-order valence-corrected chi connectivity index (χ4v) is 4.83. The van der Waals surface area contributed by atoms with Gasteiger partial charge in [0.2, 0.25) is 0 Å². The lowest BCUT2D eigenvalue weighted by Gasteiger charge is -2.29. The van der Waals surface area contributed by atoms with Crippen molar-refractivity contribution in [2.75, 3.05) is 60.4 Å². The summed E-state index contributed by atoms with van der Waals surface area (Å²) in [5, 5.41) is 5.35. The van der Waals surface area contributed by atoms with Crippen molar-refractivity contribution < 1.29 is 32.2 Å². The van der Waals surface area contributed by atoms with Crippen LogP contribution in [0.3, 0.4) is 0 Å². The number of anilines is 4. The number of carbonyl (C=O) groups is 2. The lowest BCUT2D eigenvalue weighted by atomic mass is 10.1. The van der Waals surface area contributed by atoms with E-state index in [1.165, 1.54) is 24.5 Å². The second-order valence-electron chi connectivity index (χ2n) is 10.1. The molecule has 222 valence electrons. The van der Waals surface area contributed by atoms with Crippen molar-refractivity contribution in [1.82, 2.24) is 9.97 Å². The van der Waals surface area contributed by atoms with Crippen LogP contribution in [0.4, 0.5) is 36.1 Å². The van der Waals surface area contributed by atoms with E-state index in [0.717, 1.165) is 25.0 Å². The predicted molar refractivity (Wildman–Crippen MR) is 151 cm³/mol. The minimum Gasteiger partial charge on any atom is -0.378 e. The van der Waals surface area contributed by atoms with Crippen LogP contribution in [-0.4, -0.2) is 68.0 Å². The molecule has 1 aromatic carbocycles. The average molecular weight is 585 g/mol. The van der Waals surface area contributed by atoms with Crippen LogP contribution in [0.15, 0.2) is 48.8 Å². The number of aromatic nitrogens is 2. The van der Waals surface area contributed by atoms with Gasteiger partial charge in [-0.3, -0.25) is 14.6 Å². The summed E-state index contributed by atoms with van der Waals surface area (Å²) in [4.78, 5) is 38.5. The molecule has 1 atom stereocenters. The van der Waals surface area contributed by atoms with E-state index in [2.05, 4.69) is 20.6 Å². The second-order valence-corrected chi connectivity index (χ2v) is 10.1. The number of benzene rings is 1. The van der Waals surface area contributed by atoms with Crippen molar-refractivity contribution in [3.05, 3.63) is 71.2 Å². The van der Waals surface area contributed by atoms with Gasteiger partial charge in [-0.1, -0.05) is 0 Å². The van der Waals surface area contributed by atoms with Gasteiger partial charge in [0.1, 0.15) is 12.0 Å². The molecule has 2 amide bonds. The van der Waals surface area contributed by atoms with Crippen LogP contribution in [0.25, 0.3) is 0 Å². The molecule has 2 aromatic heterocycles. The minimum absolute atomic E-state index is 0.0356. The van der Waals surface area contributed by atoms with Gasteiger partial charge in [0, 0.05) is 38.0 Å². The van der Waals surface area contributed by atoms with Gasteiger partial charge in [0.25, 0.3) is 11.8 Å². The van der Waals surface area contributed by atoms with Crippen LogP contribution in [0.1, 0.15) is 44.8 Å². The standard InChI is InChI=1S/C29H31F3N6O4/c1-18-24(28(40)35-21-5-6-25(34-16-21)37(2)26-4-3-9-42-26)15-22(17-33-18)36-27(39)19-12-20(29(30,31)32)14-23(13-19)38-7-10-41-11-8-38/h5-6,12-17,26H,3-4,7-11H2,1-2H3,(H,35,40)(H,36,39). The molecule has 0 radical (unpaired) electrons. The molecule has 2 aliphatic rings. The highest BCUT2D eigenvalue weighted by atomic mass is 19.4. The molecule has 2 aliphatic heterocycles. The maximum Gasteiger partial charge on any atom is 0.416 e. The largest absolute Gasteiger partial charge is 0.416 e. The van der Waals surface area contributed by atoms with Gasteiger partial charge < -0.3 is 29.9 Å². The Morgan fingerprint density at radius 2 is 1.71 bits per heavy atom. The summed E-state index contributed by atoms with van der Waals surface area (Å²) in [5.41, 5.74) is 0.387. The Kier molecular flexibility index (Phi) is 8.59. The van der Waals surface area contributed by atoms with Crippen LogP contribution in [0.5, 0.6) is 0 Å². The molecule has 1 unspecified atom stereocenters. The zero-order valence-corrected chi connectivity index (χ0v) is 23.2. The maximum absolute atomic E-state index is 13.7. The minimum atomic E-state index is -4.64. The molecule has 2 saturated heterocycles. The normalized spacial score (nSPS) is 17.2. The summed E-state index contributed by atoms with van der Waals surface area (Å²) in [5.74, 6) is -0.539. The average Bonchev–Trinajstić information content (AvgIpc) is 3.53. The van der Waals surface area contributed by atoms with E-state index in [1.807, 2.05) is 11.9 Å². The molecule has 0 aliphatic carbocycles. The first-order chi connectivity index (χ1) is 20.1. The molecular formula is C29H31F3N6O4. The van der Waals surface area contributed by atoms with Crippen LogP contribution < -0.4 is 20.4 Å². The Morgan fingerprint density at radius 1 is 0.976 bits per heavy atom. The number of rotatable bonds is 7. The van der Waals surface area contributed by atoms with E-state index in [1.54, 1.807) is 24.0 Å². The maximum atomic E-state index is 13.7. The number of aryl methyl sites for hydroxylation is 1. The first kappa shape index (κ1) is 29.3. The van der Waals surface area contributed by atoms with Gasteiger partial charge in [-0.2, -0.15) is 13.2 Å². The molecular weight excluding hydrogens is 553 g/mol. The monoisotopic (exact) mass is 584 g/mol. The molecule has 0 spiro atoms.